The van der Waals surface area contributed by atoms with Gasteiger partial charge in [-0.05, 0) is 6.92 Å². The van der Waals surface area contributed by atoms with Crippen molar-refractivity contribution >= 4 is 39.0 Å². The van der Waals surface area contributed by atoms with Crippen LogP contribution in [-0.2, 0) is 10.0 Å². The summed E-state index contributed by atoms with van der Waals surface area (Å²) in [5.74, 6) is -0.0859. The summed E-state index contributed by atoms with van der Waals surface area (Å²) in [6, 6.07) is 0. The van der Waals surface area contributed by atoms with E-state index in [1.54, 1.807) is 6.92 Å². The molecule has 0 aliphatic rings. The Labute approximate surface area is 113 Å². The second-order valence-electron chi connectivity index (χ2n) is 3.29. The molecule has 2 aromatic rings. The Balaban J connectivity index is 2.40. The third kappa shape index (κ3) is 2.40. The van der Waals surface area contributed by atoms with Gasteiger partial charge in [0.05, 0.1) is 11.9 Å². The first-order chi connectivity index (χ1) is 8.42. The van der Waals surface area contributed by atoms with Crippen LogP contribution in [-0.4, -0.2) is 28.6 Å². The monoisotopic (exact) mass is 307 g/mol. The first-order valence-electron chi connectivity index (χ1n) is 4.60. The summed E-state index contributed by atoms with van der Waals surface area (Å²) in [6.07, 6.45) is 2.29. The van der Waals surface area contributed by atoms with E-state index in [1.807, 2.05) is 0 Å². The Bertz CT molecular complexity index is 685. The Morgan fingerprint density at radius 3 is 2.67 bits per heavy atom. The van der Waals surface area contributed by atoms with Gasteiger partial charge in [0.15, 0.2) is 11.0 Å². The summed E-state index contributed by atoms with van der Waals surface area (Å²) in [5, 5.41) is 6.06. The van der Waals surface area contributed by atoms with Crippen LogP contribution in [0.3, 0.4) is 0 Å². The smallest absolute Gasteiger partial charge is 0.266 e. The zero-order chi connectivity index (χ0) is 13.3. The molecule has 2 rings (SSSR count). The molecule has 2 N–H and O–H groups in total. The van der Waals surface area contributed by atoms with Crippen LogP contribution in [0.4, 0.5) is 5.82 Å². The molecule has 0 saturated heterocycles. The topological polar surface area (TPSA) is 101 Å². The molecule has 0 saturated carbocycles. The fraction of sp³-hybridized carbons (Fsp3) is 0.125. The molecule has 2 aromatic heterocycles. The molecule has 0 bridgehead atoms. The molecular weight excluding hydrogens is 301 g/mol. The molecule has 0 spiro atoms. The Kier molecular flexibility index (Phi) is 3.42. The minimum Gasteiger partial charge on any atom is -0.281 e. The van der Waals surface area contributed by atoms with Crippen LogP contribution < -0.4 is 4.72 Å². The summed E-state index contributed by atoms with van der Waals surface area (Å²) in [7, 11) is -3.82. The average molecular weight is 308 g/mol. The molecule has 96 valence electrons. The lowest BCUT2D eigenvalue weighted by Gasteiger charge is -2.07. The number of nitrogens with one attached hydrogen (secondary N) is 2. The second kappa shape index (κ2) is 4.71. The van der Waals surface area contributed by atoms with Crippen LogP contribution in [0.2, 0.25) is 10.2 Å². The van der Waals surface area contributed by atoms with Gasteiger partial charge in [0.1, 0.15) is 16.2 Å². The van der Waals surface area contributed by atoms with Crippen molar-refractivity contribution in [2.24, 2.45) is 0 Å². The lowest BCUT2D eigenvalue weighted by atomic mass is 10.5. The van der Waals surface area contributed by atoms with Crippen LogP contribution in [0.5, 0.6) is 0 Å². The molecule has 0 aliphatic heterocycles. The molecule has 2 heterocycles. The maximum Gasteiger partial charge on any atom is 0.266 e. The van der Waals surface area contributed by atoms with Gasteiger partial charge in [-0.3, -0.25) is 9.82 Å². The van der Waals surface area contributed by atoms with E-state index in [4.69, 9.17) is 23.2 Å². The van der Waals surface area contributed by atoms with Crippen molar-refractivity contribution in [1.29, 1.82) is 0 Å². The Morgan fingerprint density at radius 1 is 1.33 bits per heavy atom. The van der Waals surface area contributed by atoms with Gasteiger partial charge in [-0.15, -0.1) is 0 Å². The van der Waals surface area contributed by atoms with E-state index in [0.717, 1.165) is 6.33 Å². The fourth-order valence-electron chi connectivity index (χ4n) is 1.21. The van der Waals surface area contributed by atoms with E-state index in [1.165, 1.54) is 6.20 Å². The summed E-state index contributed by atoms with van der Waals surface area (Å²) in [4.78, 5) is 7.34. The predicted molar refractivity (Wildman–Crippen MR) is 66.2 cm³/mol. The minimum atomic E-state index is -3.82. The van der Waals surface area contributed by atoms with E-state index in [-0.39, 0.29) is 20.9 Å². The molecule has 7 nitrogen and oxygen atoms in total. The van der Waals surface area contributed by atoms with Gasteiger partial charge in [0.2, 0.25) is 0 Å². The number of anilines is 1. The van der Waals surface area contributed by atoms with Gasteiger partial charge in [-0.2, -0.15) is 5.10 Å². The summed E-state index contributed by atoms with van der Waals surface area (Å²) >= 11 is 11.5. The number of hydrogen-bond acceptors (Lipinski definition) is 5. The lowest BCUT2D eigenvalue weighted by molar-refractivity contribution is 0.600. The number of sulfonamides is 1. The summed E-state index contributed by atoms with van der Waals surface area (Å²) < 4.78 is 26.2. The molecule has 0 fully saturated rings. The number of H-pyrrole nitrogens is 1. The average Bonchev–Trinajstić information content (AvgIpc) is 2.72. The molecule has 0 aromatic carbocycles. The number of halogens is 2. The lowest BCUT2D eigenvalue weighted by Crippen LogP contribution is -2.15. The minimum absolute atomic E-state index is 0.00769. The third-order valence-electron chi connectivity index (χ3n) is 2.05. The van der Waals surface area contributed by atoms with Crippen molar-refractivity contribution in [3.63, 3.8) is 0 Å². The van der Waals surface area contributed by atoms with E-state index in [0.29, 0.717) is 5.69 Å². The molecule has 10 heteroatoms. The summed E-state index contributed by atoms with van der Waals surface area (Å²) in [5.41, 5.74) is 0.402. The number of aryl methyl sites for hydroxylation is 1. The van der Waals surface area contributed by atoms with Crippen LogP contribution in [0.25, 0.3) is 0 Å². The van der Waals surface area contributed by atoms with Crippen molar-refractivity contribution in [3.05, 3.63) is 28.4 Å². The maximum absolute atomic E-state index is 12.0. The fourth-order valence-corrected chi connectivity index (χ4v) is 2.71. The molecule has 0 aliphatic carbocycles. The SMILES string of the molecule is Cc1[nH]ncc1S(=O)(=O)Nc1ncnc(Cl)c1Cl. The highest BCUT2D eigenvalue weighted by atomic mass is 35.5. The quantitative estimate of drug-likeness (QED) is 0.839. The van der Waals surface area contributed by atoms with E-state index >= 15 is 0 Å². The Hall–Kier alpha value is -1.38. The van der Waals surface area contributed by atoms with Gasteiger partial charge in [0.25, 0.3) is 10.0 Å². The second-order valence-corrected chi connectivity index (χ2v) is 5.68. The van der Waals surface area contributed by atoms with Crippen molar-refractivity contribution in [3.8, 4) is 0 Å². The predicted octanol–water partition coefficient (Wildman–Crippen LogP) is 1.62. The third-order valence-corrected chi connectivity index (χ3v) is 4.25. The molecule has 18 heavy (non-hydrogen) atoms. The zero-order valence-corrected chi connectivity index (χ0v) is 11.3. The molecule has 0 atom stereocenters. The standard InChI is InChI=1S/C8H7Cl2N5O2S/c1-4-5(2-13-14-4)18(16,17)15-8-6(9)7(10)11-3-12-8/h2-3H,1H3,(H,13,14)(H,11,12,15). The maximum atomic E-state index is 12.0. The highest BCUT2D eigenvalue weighted by Crippen LogP contribution is 2.27. The van der Waals surface area contributed by atoms with Gasteiger partial charge < -0.3 is 0 Å². The number of hydrogen-bond donors (Lipinski definition) is 2. The van der Waals surface area contributed by atoms with Crippen LogP contribution in [0.15, 0.2) is 17.4 Å². The summed E-state index contributed by atoms with van der Waals surface area (Å²) in [6.45, 7) is 1.58. The van der Waals surface area contributed by atoms with Crippen LogP contribution in [0, 0.1) is 6.92 Å². The first-order valence-corrected chi connectivity index (χ1v) is 6.84. The molecule has 0 unspecified atom stereocenters. The molecule has 0 radical (unpaired) electrons. The van der Waals surface area contributed by atoms with Gasteiger partial charge >= 0.3 is 0 Å². The van der Waals surface area contributed by atoms with E-state index in [9.17, 15) is 8.42 Å². The normalized spacial score (nSPS) is 11.5. The largest absolute Gasteiger partial charge is 0.281 e. The van der Waals surface area contributed by atoms with E-state index < -0.39 is 10.0 Å². The van der Waals surface area contributed by atoms with Crippen molar-refractivity contribution < 1.29 is 8.42 Å². The number of aromatic nitrogens is 4. The van der Waals surface area contributed by atoms with Crippen molar-refractivity contribution in [1.82, 2.24) is 20.2 Å². The van der Waals surface area contributed by atoms with Gasteiger partial charge in [-0.1, -0.05) is 23.2 Å². The number of aromatic amines is 1. The Morgan fingerprint density at radius 2 is 2.06 bits per heavy atom. The highest BCUT2D eigenvalue weighted by Gasteiger charge is 2.21. The highest BCUT2D eigenvalue weighted by molar-refractivity contribution is 7.92. The van der Waals surface area contributed by atoms with Crippen LogP contribution in [0.1, 0.15) is 5.69 Å². The molecule has 0 amide bonds. The van der Waals surface area contributed by atoms with Gasteiger partial charge in [0, 0.05) is 0 Å². The van der Waals surface area contributed by atoms with Crippen molar-refractivity contribution in [2.75, 3.05) is 4.72 Å². The first kappa shape index (κ1) is 13.1. The molecular formula is C8H7Cl2N5O2S. The van der Waals surface area contributed by atoms with Crippen molar-refractivity contribution in [2.45, 2.75) is 11.8 Å². The number of rotatable bonds is 3. The number of nitrogens with zero attached hydrogens (tertiary/aromatic N) is 3. The zero-order valence-electron chi connectivity index (χ0n) is 8.98. The van der Waals surface area contributed by atoms with Gasteiger partial charge in [-0.25, -0.2) is 18.4 Å². The van der Waals surface area contributed by atoms with E-state index in [2.05, 4.69) is 24.9 Å². The van der Waals surface area contributed by atoms with Crippen LogP contribution >= 0.6 is 23.2 Å².